The van der Waals surface area contributed by atoms with Crippen molar-refractivity contribution >= 4 is 5.82 Å². The monoisotopic (exact) mass is 335 g/mol. The van der Waals surface area contributed by atoms with Crippen LogP contribution in [0.4, 0.5) is 14.6 Å². The molecule has 0 amide bonds. The summed E-state index contributed by atoms with van der Waals surface area (Å²) in [7, 11) is 1.60. The Balaban J connectivity index is 1.58. The smallest absolute Gasteiger partial charge is 0.280 e. The molecule has 0 saturated carbocycles. The van der Waals surface area contributed by atoms with E-state index < -0.39 is 6.43 Å². The summed E-state index contributed by atoms with van der Waals surface area (Å²) >= 11 is 0. The highest BCUT2D eigenvalue weighted by Gasteiger charge is 2.20. The van der Waals surface area contributed by atoms with E-state index in [2.05, 4.69) is 19.9 Å². The normalized spacial score (nSPS) is 15.8. The van der Waals surface area contributed by atoms with Crippen LogP contribution in [0.5, 0.6) is 5.88 Å². The fourth-order valence-corrected chi connectivity index (χ4v) is 2.71. The SMILES string of the molecule is COc1cc(CN2CCN(c3cc(C(F)F)ncn3)CC2)ccn1. The van der Waals surface area contributed by atoms with Gasteiger partial charge in [0.25, 0.3) is 6.43 Å². The van der Waals surface area contributed by atoms with Crippen molar-refractivity contribution in [3.05, 3.63) is 42.0 Å². The number of anilines is 1. The quantitative estimate of drug-likeness (QED) is 0.834. The largest absolute Gasteiger partial charge is 0.481 e. The molecule has 3 heterocycles. The second-order valence-corrected chi connectivity index (χ2v) is 5.57. The van der Waals surface area contributed by atoms with E-state index in [1.165, 1.54) is 12.4 Å². The molecule has 0 aromatic carbocycles. The van der Waals surface area contributed by atoms with Gasteiger partial charge in [0, 0.05) is 51.1 Å². The van der Waals surface area contributed by atoms with E-state index in [0.717, 1.165) is 38.3 Å². The summed E-state index contributed by atoms with van der Waals surface area (Å²) in [4.78, 5) is 16.1. The Morgan fingerprint density at radius 2 is 1.92 bits per heavy atom. The van der Waals surface area contributed by atoms with Crippen molar-refractivity contribution in [2.75, 3.05) is 38.2 Å². The average molecular weight is 335 g/mol. The first-order chi connectivity index (χ1) is 11.7. The van der Waals surface area contributed by atoms with Crippen LogP contribution in [-0.2, 0) is 6.54 Å². The Hall–Kier alpha value is -2.35. The second-order valence-electron chi connectivity index (χ2n) is 5.57. The molecule has 1 aliphatic rings. The van der Waals surface area contributed by atoms with Gasteiger partial charge in [0.1, 0.15) is 17.8 Å². The minimum atomic E-state index is -2.57. The van der Waals surface area contributed by atoms with E-state index in [1.807, 2.05) is 17.0 Å². The highest BCUT2D eigenvalue weighted by atomic mass is 19.3. The van der Waals surface area contributed by atoms with Crippen LogP contribution in [0.25, 0.3) is 0 Å². The van der Waals surface area contributed by atoms with Crippen LogP contribution >= 0.6 is 0 Å². The summed E-state index contributed by atoms with van der Waals surface area (Å²) in [6.07, 6.45) is 0.360. The van der Waals surface area contributed by atoms with Gasteiger partial charge < -0.3 is 9.64 Å². The first-order valence-corrected chi connectivity index (χ1v) is 7.72. The number of methoxy groups -OCH3 is 1. The molecule has 3 rings (SSSR count). The molecule has 1 saturated heterocycles. The Morgan fingerprint density at radius 1 is 1.12 bits per heavy atom. The van der Waals surface area contributed by atoms with Gasteiger partial charge >= 0.3 is 0 Å². The first-order valence-electron chi connectivity index (χ1n) is 7.72. The molecule has 2 aromatic heterocycles. The van der Waals surface area contributed by atoms with Crippen LogP contribution in [0.2, 0.25) is 0 Å². The molecule has 128 valence electrons. The summed E-state index contributed by atoms with van der Waals surface area (Å²) in [6.45, 7) is 3.94. The van der Waals surface area contributed by atoms with Crippen molar-refractivity contribution in [2.24, 2.45) is 0 Å². The minimum absolute atomic E-state index is 0.230. The highest BCUT2D eigenvalue weighted by molar-refractivity contribution is 5.39. The van der Waals surface area contributed by atoms with Crippen LogP contribution in [0.15, 0.2) is 30.7 Å². The summed E-state index contributed by atoms with van der Waals surface area (Å²) in [5.41, 5.74) is 0.906. The number of piperazine rings is 1. The average Bonchev–Trinajstić information content (AvgIpc) is 2.62. The predicted molar refractivity (Wildman–Crippen MR) is 85.3 cm³/mol. The van der Waals surface area contributed by atoms with Crippen molar-refractivity contribution in [2.45, 2.75) is 13.0 Å². The van der Waals surface area contributed by atoms with Crippen LogP contribution in [-0.4, -0.2) is 53.1 Å². The van der Waals surface area contributed by atoms with Gasteiger partial charge in [0.05, 0.1) is 7.11 Å². The van der Waals surface area contributed by atoms with Crippen LogP contribution in [0.1, 0.15) is 17.7 Å². The molecule has 8 heteroatoms. The summed E-state index contributed by atoms with van der Waals surface area (Å²) in [5.74, 6) is 1.16. The summed E-state index contributed by atoms with van der Waals surface area (Å²) in [6, 6.07) is 5.26. The van der Waals surface area contributed by atoms with Gasteiger partial charge in [-0.2, -0.15) is 0 Å². The number of nitrogens with zero attached hydrogens (tertiary/aromatic N) is 5. The Kier molecular flexibility index (Phi) is 5.14. The maximum atomic E-state index is 12.7. The Labute approximate surface area is 139 Å². The molecule has 0 atom stereocenters. The molecule has 1 aliphatic heterocycles. The molecule has 0 aliphatic carbocycles. The number of hydrogen-bond donors (Lipinski definition) is 0. The van der Waals surface area contributed by atoms with Gasteiger partial charge in [-0.15, -0.1) is 0 Å². The number of hydrogen-bond acceptors (Lipinski definition) is 6. The number of pyridine rings is 1. The Morgan fingerprint density at radius 3 is 2.62 bits per heavy atom. The molecule has 2 aromatic rings. The first kappa shape index (κ1) is 16.5. The predicted octanol–water partition coefficient (Wildman–Crippen LogP) is 2.14. The number of rotatable bonds is 5. The fraction of sp³-hybridized carbons (Fsp3) is 0.438. The molecule has 0 bridgehead atoms. The van der Waals surface area contributed by atoms with Crippen molar-refractivity contribution in [3.8, 4) is 5.88 Å². The van der Waals surface area contributed by atoms with Crippen LogP contribution in [0, 0.1) is 0 Å². The van der Waals surface area contributed by atoms with Crippen molar-refractivity contribution in [1.82, 2.24) is 19.9 Å². The number of ether oxygens (including phenoxy) is 1. The van der Waals surface area contributed by atoms with Gasteiger partial charge in [-0.3, -0.25) is 4.90 Å². The maximum absolute atomic E-state index is 12.7. The van der Waals surface area contributed by atoms with Gasteiger partial charge in [0.2, 0.25) is 5.88 Å². The van der Waals surface area contributed by atoms with E-state index >= 15 is 0 Å². The van der Waals surface area contributed by atoms with E-state index in [9.17, 15) is 8.78 Å². The van der Waals surface area contributed by atoms with Crippen LogP contribution < -0.4 is 9.64 Å². The zero-order valence-corrected chi connectivity index (χ0v) is 13.4. The second kappa shape index (κ2) is 7.48. The third-order valence-electron chi connectivity index (χ3n) is 4.01. The summed E-state index contributed by atoms with van der Waals surface area (Å²) < 4.78 is 30.6. The lowest BCUT2D eigenvalue weighted by molar-refractivity contribution is 0.146. The van der Waals surface area contributed by atoms with Crippen molar-refractivity contribution in [1.29, 1.82) is 0 Å². The molecule has 6 nitrogen and oxygen atoms in total. The standard InChI is InChI=1S/C16H19F2N5O/c1-24-15-8-12(2-3-19-15)10-22-4-6-23(7-5-22)14-9-13(16(17)18)20-11-21-14/h2-3,8-9,11,16H,4-7,10H2,1H3. The molecule has 0 radical (unpaired) electrons. The Bertz CT molecular complexity index is 677. The third kappa shape index (κ3) is 3.94. The molecule has 0 unspecified atom stereocenters. The molecule has 24 heavy (non-hydrogen) atoms. The molecule has 1 fully saturated rings. The van der Waals surface area contributed by atoms with Crippen molar-refractivity contribution in [3.63, 3.8) is 0 Å². The highest BCUT2D eigenvalue weighted by Crippen LogP contribution is 2.21. The van der Waals surface area contributed by atoms with Gasteiger partial charge in [-0.1, -0.05) is 0 Å². The lowest BCUT2D eigenvalue weighted by Crippen LogP contribution is -2.46. The zero-order valence-electron chi connectivity index (χ0n) is 13.4. The van der Waals surface area contributed by atoms with E-state index in [1.54, 1.807) is 13.3 Å². The van der Waals surface area contributed by atoms with Gasteiger partial charge in [0.15, 0.2) is 0 Å². The topological polar surface area (TPSA) is 54.4 Å². The molecule has 0 N–H and O–H groups in total. The summed E-state index contributed by atoms with van der Waals surface area (Å²) in [5, 5.41) is 0. The third-order valence-corrected chi connectivity index (χ3v) is 4.01. The van der Waals surface area contributed by atoms with Crippen molar-refractivity contribution < 1.29 is 13.5 Å². The fourth-order valence-electron chi connectivity index (χ4n) is 2.71. The van der Waals surface area contributed by atoms with E-state index in [0.29, 0.717) is 11.7 Å². The molecular formula is C16H19F2N5O. The number of alkyl halides is 2. The van der Waals surface area contributed by atoms with Gasteiger partial charge in [-0.25, -0.2) is 23.7 Å². The maximum Gasteiger partial charge on any atom is 0.280 e. The number of aromatic nitrogens is 3. The number of halogens is 2. The minimum Gasteiger partial charge on any atom is -0.481 e. The molecule has 0 spiro atoms. The van der Waals surface area contributed by atoms with E-state index in [-0.39, 0.29) is 5.69 Å². The zero-order chi connectivity index (χ0) is 16.9. The van der Waals surface area contributed by atoms with E-state index in [4.69, 9.17) is 4.74 Å². The van der Waals surface area contributed by atoms with Gasteiger partial charge in [-0.05, 0) is 11.6 Å². The lowest BCUT2D eigenvalue weighted by Gasteiger charge is -2.35. The molecular weight excluding hydrogens is 316 g/mol. The lowest BCUT2D eigenvalue weighted by atomic mass is 10.2. The van der Waals surface area contributed by atoms with Crippen LogP contribution in [0.3, 0.4) is 0 Å².